The Kier molecular flexibility index (Phi) is 5.68. The number of aliphatic imine (C=N–C) groups is 1. The van der Waals surface area contributed by atoms with Gasteiger partial charge >= 0.3 is 0 Å². The second-order valence-corrected chi connectivity index (χ2v) is 8.94. The summed E-state index contributed by atoms with van der Waals surface area (Å²) in [5.41, 5.74) is 6.96. The summed E-state index contributed by atoms with van der Waals surface area (Å²) in [6, 6.07) is 16.4. The summed E-state index contributed by atoms with van der Waals surface area (Å²) in [6.07, 6.45) is 1.80. The maximum absolute atomic E-state index is 13.6. The van der Waals surface area contributed by atoms with Gasteiger partial charge < -0.3 is 5.32 Å². The third-order valence-electron chi connectivity index (χ3n) is 5.61. The molecule has 2 aromatic heterocycles. The molecule has 3 heterocycles. The minimum Gasteiger partial charge on any atom is -0.339 e. The van der Waals surface area contributed by atoms with Crippen molar-refractivity contribution in [1.29, 1.82) is 0 Å². The third-order valence-corrected chi connectivity index (χ3v) is 6.59. The van der Waals surface area contributed by atoms with Crippen molar-refractivity contribution < 1.29 is 4.39 Å². The topological polar surface area (TPSA) is 68.0 Å². The van der Waals surface area contributed by atoms with Gasteiger partial charge in [-0.05, 0) is 57.2 Å². The zero-order valence-electron chi connectivity index (χ0n) is 18.6. The fourth-order valence-corrected chi connectivity index (χ4v) is 4.70. The number of nitrogens with one attached hydrogen (secondary N) is 1. The molecular weight excluding hydrogens is 435 g/mol. The molecule has 6 nitrogen and oxygen atoms in total. The quantitative estimate of drug-likeness (QED) is 0.445. The third kappa shape index (κ3) is 4.26. The molecule has 1 atom stereocenters. The number of fused-ring (bicyclic) bond motifs is 1. The SMILES string of the molecule is Cc1nc(C)c(CSC2N=C(c3ccc(F)cc3)c3cnn(-c4ccccc4)c3N2)nc1C. The normalized spacial score (nSPS) is 15.0. The predicted molar refractivity (Wildman–Crippen MR) is 131 cm³/mol. The summed E-state index contributed by atoms with van der Waals surface area (Å²) in [5, 5.41) is 8.14. The fourth-order valence-electron chi connectivity index (χ4n) is 3.73. The first-order valence-electron chi connectivity index (χ1n) is 10.7. The van der Waals surface area contributed by atoms with Crippen molar-refractivity contribution in [2.24, 2.45) is 4.99 Å². The summed E-state index contributed by atoms with van der Waals surface area (Å²) >= 11 is 1.64. The number of halogens is 1. The lowest BCUT2D eigenvalue weighted by Gasteiger charge is -2.24. The van der Waals surface area contributed by atoms with Crippen molar-refractivity contribution in [2.45, 2.75) is 32.0 Å². The van der Waals surface area contributed by atoms with Crippen molar-refractivity contribution in [3.05, 3.63) is 101 Å². The Labute approximate surface area is 196 Å². The van der Waals surface area contributed by atoms with Crippen LogP contribution < -0.4 is 5.32 Å². The number of para-hydroxylation sites is 1. The van der Waals surface area contributed by atoms with Gasteiger partial charge in [-0.15, -0.1) is 11.8 Å². The second kappa shape index (κ2) is 8.78. The average molecular weight is 459 g/mol. The molecule has 0 fully saturated rings. The first kappa shape index (κ1) is 21.3. The number of rotatable bonds is 5. The highest BCUT2D eigenvalue weighted by Crippen LogP contribution is 2.32. The van der Waals surface area contributed by atoms with E-state index < -0.39 is 0 Å². The van der Waals surface area contributed by atoms with E-state index in [2.05, 4.69) is 15.4 Å². The molecule has 1 N–H and O–H groups in total. The van der Waals surface area contributed by atoms with Crippen LogP contribution in [-0.4, -0.2) is 31.0 Å². The molecule has 4 aromatic rings. The molecule has 1 aliphatic rings. The molecule has 0 bridgehead atoms. The van der Waals surface area contributed by atoms with Crippen LogP contribution >= 0.6 is 11.8 Å². The van der Waals surface area contributed by atoms with Crippen LogP contribution in [0, 0.1) is 26.6 Å². The first-order valence-corrected chi connectivity index (χ1v) is 11.7. The smallest absolute Gasteiger partial charge is 0.168 e. The van der Waals surface area contributed by atoms with Gasteiger partial charge in [-0.2, -0.15) is 5.10 Å². The van der Waals surface area contributed by atoms with Gasteiger partial charge in [-0.25, -0.2) is 14.1 Å². The summed E-state index contributed by atoms with van der Waals surface area (Å²) < 4.78 is 15.5. The van der Waals surface area contributed by atoms with Crippen LogP contribution in [0.5, 0.6) is 0 Å². The van der Waals surface area contributed by atoms with Crippen molar-refractivity contribution in [2.75, 3.05) is 5.32 Å². The fraction of sp³-hybridized carbons (Fsp3) is 0.200. The number of aromatic nitrogens is 4. The van der Waals surface area contributed by atoms with E-state index in [1.807, 2.05) is 55.8 Å². The van der Waals surface area contributed by atoms with E-state index >= 15 is 0 Å². The number of hydrogen-bond acceptors (Lipinski definition) is 6. The van der Waals surface area contributed by atoms with E-state index in [1.165, 1.54) is 12.1 Å². The van der Waals surface area contributed by atoms with Gasteiger partial charge in [0.05, 0.1) is 45.9 Å². The Morgan fingerprint density at radius 3 is 2.42 bits per heavy atom. The second-order valence-electron chi connectivity index (χ2n) is 7.87. The van der Waals surface area contributed by atoms with Crippen molar-refractivity contribution in [3.63, 3.8) is 0 Å². The Bertz CT molecular complexity index is 1330. The Balaban J connectivity index is 1.51. The molecule has 0 aliphatic carbocycles. The highest BCUT2D eigenvalue weighted by atomic mass is 32.2. The van der Waals surface area contributed by atoms with E-state index in [1.54, 1.807) is 30.1 Å². The molecule has 33 heavy (non-hydrogen) atoms. The molecular formula is C25H23FN6S. The monoisotopic (exact) mass is 458 g/mol. The summed E-state index contributed by atoms with van der Waals surface area (Å²) in [4.78, 5) is 14.3. The lowest BCUT2D eigenvalue weighted by atomic mass is 10.0. The minimum atomic E-state index is -0.275. The predicted octanol–water partition coefficient (Wildman–Crippen LogP) is 5.21. The number of aryl methyl sites for hydroxylation is 3. The molecule has 0 radical (unpaired) electrons. The van der Waals surface area contributed by atoms with Gasteiger partial charge in [-0.1, -0.05) is 18.2 Å². The highest BCUT2D eigenvalue weighted by Gasteiger charge is 2.26. The summed E-state index contributed by atoms with van der Waals surface area (Å²) in [6.45, 7) is 5.93. The van der Waals surface area contributed by atoms with Crippen molar-refractivity contribution in [3.8, 4) is 5.69 Å². The lowest BCUT2D eigenvalue weighted by Crippen LogP contribution is -2.25. The molecule has 8 heteroatoms. The van der Waals surface area contributed by atoms with Gasteiger partial charge in [0.2, 0.25) is 0 Å². The Morgan fingerprint density at radius 2 is 1.67 bits per heavy atom. The van der Waals surface area contributed by atoms with E-state index in [4.69, 9.17) is 9.98 Å². The number of hydrogen-bond donors (Lipinski definition) is 1. The van der Waals surface area contributed by atoms with Crippen LogP contribution in [0.25, 0.3) is 5.69 Å². The van der Waals surface area contributed by atoms with Gasteiger partial charge in [0, 0.05) is 11.3 Å². The minimum absolute atomic E-state index is 0.264. The van der Waals surface area contributed by atoms with Crippen LogP contribution in [0.3, 0.4) is 0 Å². The van der Waals surface area contributed by atoms with Gasteiger partial charge in [0.15, 0.2) is 5.50 Å². The summed E-state index contributed by atoms with van der Waals surface area (Å²) in [7, 11) is 0. The maximum atomic E-state index is 13.6. The molecule has 0 spiro atoms. The van der Waals surface area contributed by atoms with Crippen LogP contribution in [0.4, 0.5) is 10.2 Å². The molecule has 2 aromatic carbocycles. The molecule has 0 saturated heterocycles. The molecule has 1 unspecified atom stereocenters. The Hall–Kier alpha value is -3.52. The van der Waals surface area contributed by atoms with Crippen LogP contribution in [-0.2, 0) is 5.75 Å². The van der Waals surface area contributed by atoms with E-state index in [9.17, 15) is 4.39 Å². The lowest BCUT2D eigenvalue weighted by molar-refractivity contribution is 0.628. The zero-order chi connectivity index (χ0) is 22.9. The molecule has 166 valence electrons. The van der Waals surface area contributed by atoms with Gasteiger partial charge in [-0.3, -0.25) is 9.97 Å². The van der Waals surface area contributed by atoms with Gasteiger partial charge in [0.25, 0.3) is 0 Å². The zero-order valence-corrected chi connectivity index (χ0v) is 19.4. The highest BCUT2D eigenvalue weighted by molar-refractivity contribution is 7.99. The van der Waals surface area contributed by atoms with Crippen molar-refractivity contribution >= 4 is 23.3 Å². The molecule has 1 aliphatic heterocycles. The summed E-state index contributed by atoms with van der Waals surface area (Å²) in [5.74, 6) is 1.24. The van der Waals surface area contributed by atoms with E-state index in [0.717, 1.165) is 51.1 Å². The van der Waals surface area contributed by atoms with E-state index in [0.29, 0.717) is 5.75 Å². The molecule has 0 saturated carbocycles. The standard InChI is InChI=1S/C25H23FN6S/c1-15-16(2)29-22(17(3)28-15)14-33-25-30-23(18-9-11-19(26)12-10-18)21-13-27-32(24(21)31-25)20-7-5-4-6-8-20/h4-13,25,31H,14H2,1-3H3. The van der Waals surface area contributed by atoms with Crippen LogP contribution in [0.2, 0.25) is 0 Å². The number of nitrogens with zero attached hydrogens (tertiary/aromatic N) is 5. The molecule has 0 amide bonds. The number of benzene rings is 2. The Morgan fingerprint density at radius 1 is 0.939 bits per heavy atom. The molecule has 5 rings (SSSR count). The average Bonchev–Trinajstić information content (AvgIpc) is 3.25. The number of anilines is 1. The van der Waals surface area contributed by atoms with Crippen LogP contribution in [0.1, 0.15) is 33.9 Å². The van der Waals surface area contributed by atoms with Gasteiger partial charge in [0.1, 0.15) is 11.6 Å². The van der Waals surface area contributed by atoms with E-state index in [-0.39, 0.29) is 11.3 Å². The largest absolute Gasteiger partial charge is 0.339 e. The maximum Gasteiger partial charge on any atom is 0.168 e. The van der Waals surface area contributed by atoms with Crippen LogP contribution in [0.15, 0.2) is 65.8 Å². The van der Waals surface area contributed by atoms with Crippen molar-refractivity contribution in [1.82, 2.24) is 19.7 Å². The number of thioether (sulfide) groups is 1. The first-order chi connectivity index (χ1) is 16.0.